The Labute approximate surface area is 206 Å². The number of esters is 1. The first kappa shape index (κ1) is 22.4. The highest BCUT2D eigenvalue weighted by Gasteiger charge is 2.21. The van der Waals surface area contributed by atoms with E-state index in [9.17, 15) is 14.4 Å². The highest BCUT2D eigenvalue weighted by Crippen LogP contribution is 2.27. The first-order valence-corrected chi connectivity index (χ1v) is 11.4. The summed E-state index contributed by atoms with van der Waals surface area (Å²) in [7, 11) is 0. The van der Waals surface area contributed by atoms with Gasteiger partial charge in [0.25, 0.3) is 5.91 Å². The molecule has 3 N–H and O–H groups in total. The molecule has 5 rings (SSSR count). The summed E-state index contributed by atoms with van der Waals surface area (Å²) >= 11 is 3.36. The van der Waals surface area contributed by atoms with Gasteiger partial charge >= 0.3 is 11.7 Å². The molecule has 0 saturated heterocycles. The van der Waals surface area contributed by atoms with Gasteiger partial charge in [-0.05, 0) is 40.2 Å². The Bertz CT molecular complexity index is 1590. The zero-order valence-corrected chi connectivity index (χ0v) is 19.7. The van der Waals surface area contributed by atoms with Crippen LogP contribution in [-0.4, -0.2) is 38.2 Å². The molecular weight excluding hydrogens is 514 g/mol. The summed E-state index contributed by atoms with van der Waals surface area (Å²) in [4.78, 5) is 42.3. The fourth-order valence-electron chi connectivity index (χ4n) is 3.59. The molecule has 3 aromatic carbocycles. The fraction of sp³-hybridized carbons (Fsp3) is 0.0400. The Morgan fingerprint density at radius 1 is 0.971 bits per heavy atom. The Hall–Kier alpha value is -4.44. The van der Waals surface area contributed by atoms with Crippen LogP contribution in [0.5, 0.6) is 0 Å². The van der Waals surface area contributed by atoms with E-state index in [2.05, 4.69) is 36.3 Å². The maximum atomic E-state index is 13.0. The van der Waals surface area contributed by atoms with Gasteiger partial charge in [0.2, 0.25) is 0 Å². The topological polar surface area (TPSA) is 122 Å². The lowest BCUT2D eigenvalue weighted by Gasteiger charge is -2.08. The number of amides is 1. The van der Waals surface area contributed by atoms with E-state index in [0.29, 0.717) is 26.9 Å². The Morgan fingerprint density at radius 3 is 2.34 bits per heavy atom. The monoisotopic (exact) mass is 531 g/mol. The average Bonchev–Trinajstić information content (AvgIpc) is 3.47. The molecule has 9 nitrogen and oxygen atoms in total. The second-order valence-electron chi connectivity index (χ2n) is 7.62. The van der Waals surface area contributed by atoms with Crippen LogP contribution in [0.2, 0.25) is 0 Å². The van der Waals surface area contributed by atoms with Crippen molar-refractivity contribution in [2.24, 2.45) is 0 Å². The molecule has 0 unspecified atom stereocenters. The predicted molar refractivity (Wildman–Crippen MR) is 135 cm³/mol. The van der Waals surface area contributed by atoms with Crippen molar-refractivity contribution in [3.8, 4) is 16.9 Å². The Morgan fingerprint density at radius 2 is 1.63 bits per heavy atom. The molecule has 0 fully saturated rings. The molecule has 0 aliphatic heterocycles. The van der Waals surface area contributed by atoms with Crippen LogP contribution in [0.15, 0.2) is 88.3 Å². The number of hydrogen-bond donors (Lipinski definition) is 3. The van der Waals surface area contributed by atoms with Crippen LogP contribution < -0.4 is 11.0 Å². The van der Waals surface area contributed by atoms with Gasteiger partial charge in [0.1, 0.15) is 11.3 Å². The minimum Gasteiger partial charge on any atom is -0.452 e. The third-order valence-corrected chi connectivity index (χ3v) is 5.87. The van der Waals surface area contributed by atoms with E-state index in [0.717, 1.165) is 11.3 Å². The molecule has 1 amide bonds. The molecule has 0 bridgehead atoms. The van der Waals surface area contributed by atoms with Gasteiger partial charge in [0, 0.05) is 16.2 Å². The van der Waals surface area contributed by atoms with E-state index in [1.807, 2.05) is 60.7 Å². The van der Waals surface area contributed by atoms with Crippen LogP contribution in [0.1, 0.15) is 10.4 Å². The Balaban J connectivity index is 1.35. The normalized spacial score (nSPS) is 10.9. The van der Waals surface area contributed by atoms with Gasteiger partial charge in [0.15, 0.2) is 6.61 Å². The highest BCUT2D eigenvalue weighted by atomic mass is 79.9. The number of ether oxygens (including phenoxy) is 1. The zero-order chi connectivity index (χ0) is 24.4. The number of hydrogen-bond acceptors (Lipinski definition) is 5. The number of nitrogens with zero attached hydrogens (tertiary/aromatic N) is 2. The lowest BCUT2D eigenvalue weighted by Crippen LogP contribution is -2.21. The number of imidazole rings is 1. The number of rotatable bonds is 6. The van der Waals surface area contributed by atoms with Gasteiger partial charge in [-0.1, -0.05) is 48.5 Å². The number of H-pyrrole nitrogens is 2. The molecular formula is C25H18BrN5O4. The van der Waals surface area contributed by atoms with Gasteiger partial charge in [-0.3, -0.25) is 4.79 Å². The SMILES string of the molecule is O=C(COC(=O)c1cn(-c2ccccc2)nc1-c1ccccc1)Nc1cc2[nH]c(=O)[nH]c2cc1Br. The van der Waals surface area contributed by atoms with Crippen LogP contribution in [0.4, 0.5) is 5.69 Å². The van der Waals surface area contributed by atoms with Gasteiger partial charge in [-0.25, -0.2) is 14.3 Å². The number of aromatic nitrogens is 4. The molecule has 174 valence electrons. The first-order chi connectivity index (χ1) is 17.0. The lowest BCUT2D eigenvalue weighted by atomic mass is 10.1. The van der Waals surface area contributed by atoms with Crippen molar-refractivity contribution in [1.29, 1.82) is 0 Å². The van der Waals surface area contributed by atoms with Gasteiger partial charge in [0.05, 0.1) is 22.4 Å². The molecule has 5 aromatic rings. The second-order valence-corrected chi connectivity index (χ2v) is 8.47. The van der Waals surface area contributed by atoms with E-state index in [1.54, 1.807) is 23.0 Å². The number of carbonyl (C=O) groups excluding carboxylic acids is 2. The zero-order valence-electron chi connectivity index (χ0n) is 18.1. The molecule has 2 aromatic heterocycles. The Kier molecular flexibility index (Phi) is 6.02. The van der Waals surface area contributed by atoms with Crippen molar-refractivity contribution < 1.29 is 14.3 Å². The van der Waals surface area contributed by atoms with E-state index in [4.69, 9.17) is 4.74 Å². The largest absolute Gasteiger partial charge is 0.452 e. The van der Waals surface area contributed by atoms with Crippen LogP contribution in [0.3, 0.4) is 0 Å². The molecule has 0 radical (unpaired) electrons. The molecule has 10 heteroatoms. The summed E-state index contributed by atoms with van der Waals surface area (Å²) in [6, 6.07) is 21.9. The number of aromatic amines is 2. The number of halogens is 1. The average molecular weight is 532 g/mol. The van der Waals surface area contributed by atoms with Gasteiger partial charge < -0.3 is 20.0 Å². The quantitative estimate of drug-likeness (QED) is 0.282. The maximum absolute atomic E-state index is 13.0. The maximum Gasteiger partial charge on any atom is 0.342 e. The fourth-order valence-corrected chi connectivity index (χ4v) is 4.03. The third-order valence-electron chi connectivity index (χ3n) is 5.21. The van der Waals surface area contributed by atoms with E-state index in [-0.39, 0.29) is 11.3 Å². The smallest absolute Gasteiger partial charge is 0.342 e. The summed E-state index contributed by atoms with van der Waals surface area (Å²) in [5.74, 6) is -1.21. The van der Waals surface area contributed by atoms with Crippen LogP contribution in [-0.2, 0) is 9.53 Å². The third kappa shape index (κ3) is 4.78. The van der Waals surface area contributed by atoms with Crippen LogP contribution >= 0.6 is 15.9 Å². The van der Waals surface area contributed by atoms with Crippen LogP contribution in [0, 0.1) is 0 Å². The van der Waals surface area contributed by atoms with E-state index >= 15 is 0 Å². The molecule has 0 aliphatic rings. The number of benzene rings is 3. The number of carbonyl (C=O) groups is 2. The van der Waals surface area contributed by atoms with Crippen LogP contribution in [0.25, 0.3) is 28.0 Å². The lowest BCUT2D eigenvalue weighted by molar-refractivity contribution is -0.119. The predicted octanol–water partition coefficient (Wildman–Crippen LogP) is 4.27. The van der Waals surface area contributed by atoms with Crippen molar-refractivity contribution in [1.82, 2.24) is 19.7 Å². The molecule has 0 aliphatic carbocycles. The summed E-state index contributed by atoms with van der Waals surface area (Å²) < 4.78 is 7.49. The summed E-state index contributed by atoms with van der Waals surface area (Å²) in [6.07, 6.45) is 1.59. The standard InChI is InChI=1S/C25H18BrN5O4/c26-18-11-20-21(29-25(34)28-20)12-19(18)27-22(32)14-35-24(33)17-13-31(16-9-5-2-6-10-16)30-23(17)15-7-3-1-4-8-15/h1-13H,14H2,(H,27,32)(H2,28,29,34). The highest BCUT2D eigenvalue weighted by molar-refractivity contribution is 9.10. The van der Waals surface area contributed by atoms with Crippen molar-refractivity contribution >= 4 is 44.5 Å². The number of anilines is 1. The summed E-state index contributed by atoms with van der Waals surface area (Å²) in [6.45, 7) is -0.502. The summed E-state index contributed by atoms with van der Waals surface area (Å²) in [5.41, 5.74) is 3.41. The van der Waals surface area contributed by atoms with E-state index in [1.165, 1.54) is 0 Å². The van der Waals surface area contributed by atoms with Crippen molar-refractivity contribution in [3.05, 3.63) is 99.5 Å². The molecule has 2 heterocycles. The summed E-state index contributed by atoms with van der Waals surface area (Å²) in [5, 5.41) is 7.26. The number of para-hydroxylation sites is 1. The molecule has 0 atom stereocenters. The molecule has 0 saturated carbocycles. The minimum atomic E-state index is -0.675. The van der Waals surface area contributed by atoms with Crippen molar-refractivity contribution in [3.63, 3.8) is 0 Å². The van der Waals surface area contributed by atoms with Gasteiger partial charge in [-0.2, -0.15) is 5.10 Å². The number of nitrogens with one attached hydrogen (secondary N) is 3. The molecule has 0 spiro atoms. The first-order valence-electron chi connectivity index (χ1n) is 10.6. The number of fused-ring (bicyclic) bond motifs is 1. The second kappa shape index (κ2) is 9.43. The van der Waals surface area contributed by atoms with Crippen molar-refractivity contribution in [2.45, 2.75) is 0 Å². The van der Waals surface area contributed by atoms with Gasteiger partial charge in [-0.15, -0.1) is 0 Å². The van der Waals surface area contributed by atoms with Crippen molar-refractivity contribution in [2.75, 3.05) is 11.9 Å². The molecule has 35 heavy (non-hydrogen) atoms. The minimum absolute atomic E-state index is 0.236. The van der Waals surface area contributed by atoms with E-state index < -0.39 is 18.5 Å².